The van der Waals surface area contributed by atoms with Crippen LogP contribution in [0.1, 0.15) is 5.56 Å². The van der Waals surface area contributed by atoms with Crippen molar-refractivity contribution in [2.24, 2.45) is 4.99 Å². The fourth-order valence-corrected chi connectivity index (χ4v) is 2.22. The van der Waals surface area contributed by atoms with Crippen molar-refractivity contribution in [2.75, 3.05) is 0 Å². The summed E-state index contributed by atoms with van der Waals surface area (Å²) in [4.78, 5) is 4.34. The molecule has 0 bridgehead atoms. The van der Waals surface area contributed by atoms with Gasteiger partial charge in [-0.1, -0.05) is 43.8 Å². The minimum atomic E-state index is -1.64. The summed E-state index contributed by atoms with van der Waals surface area (Å²) in [6, 6.07) is 12.2. The Kier molecular flexibility index (Phi) is 4.89. The SMILES string of the molecule is C[Si](C)(C)C#CC(=Nc1cccc(F)c1)c1ccccc1F. The van der Waals surface area contributed by atoms with Gasteiger partial charge in [-0.15, -0.1) is 5.54 Å². The molecule has 0 fully saturated rings. The Labute approximate surface area is 130 Å². The number of benzene rings is 2. The summed E-state index contributed by atoms with van der Waals surface area (Å²) >= 11 is 0. The molecule has 0 aliphatic carbocycles. The maximum absolute atomic E-state index is 14.0. The summed E-state index contributed by atoms with van der Waals surface area (Å²) < 4.78 is 27.3. The summed E-state index contributed by atoms with van der Waals surface area (Å²) in [5, 5.41) is 0. The zero-order valence-corrected chi connectivity index (χ0v) is 13.8. The highest BCUT2D eigenvalue weighted by molar-refractivity contribution is 6.84. The normalized spacial score (nSPS) is 11.8. The highest BCUT2D eigenvalue weighted by Crippen LogP contribution is 2.17. The van der Waals surface area contributed by atoms with Crippen molar-refractivity contribution in [1.82, 2.24) is 0 Å². The average molecular weight is 313 g/mol. The molecule has 2 aromatic rings. The molecule has 112 valence electrons. The number of nitrogens with zero attached hydrogens (tertiary/aromatic N) is 1. The first kappa shape index (κ1) is 16.1. The molecule has 0 aliphatic heterocycles. The molecule has 0 atom stereocenters. The van der Waals surface area contributed by atoms with Gasteiger partial charge in [-0.05, 0) is 30.3 Å². The molecular weight excluding hydrogens is 296 g/mol. The fraction of sp³-hybridized carbons (Fsp3) is 0.167. The van der Waals surface area contributed by atoms with Crippen molar-refractivity contribution >= 4 is 19.5 Å². The number of aliphatic imine (C=N–C) groups is 1. The highest BCUT2D eigenvalue weighted by atomic mass is 28.3. The summed E-state index contributed by atoms with van der Waals surface area (Å²) in [5.41, 5.74) is 4.26. The summed E-state index contributed by atoms with van der Waals surface area (Å²) in [7, 11) is -1.64. The van der Waals surface area contributed by atoms with Crippen molar-refractivity contribution in [3.05, 3.63) is 65.7 Å². The van der Waals surface area contributed by atoms with Crippen LogP contribution in [0.15, 0.2) is 53.5 Å². The molecule has 0 spiro atoms. The molecule has 0 amide bonds. The van der Waals surface area contributed by atoms with Crippen LogP contribution in [-0.4, -0.2) is 13.8 Å². The molecule has 0 radical (unpaired) electrons. The molecule has 22 heavy (non-hydrogen) atoms. The minimum Gasteiger partial charge on any atom is -0.239 e. The Balaban J connectivity index is 2.55. The third-order valence-corrected chi connectivity index (χ3v) is 3.61. The lowest BCUT2D eigenvalue weighted by Gasteiger charge is -2.06. The Bertz CT molecular complexity index is 764. The highest BCUT2D eigenvalue weighted by Gasteiger charge is 2.11. The molecular formula is C18H17F2NSi. The molecule has 0 aliphatic rings. The molecule has 0 saturated carbocycles. The second-order valence-corrected chi connectivity index (χ2v) is 10.7. The van der Waals surface area contributed by atoms with E-state index in [2.05, 4.69) is 36.1 Å². The zero-order valence-electron chi connectivity index (χ0n) is 12.8. The molecule has 4 heteroatoms. The Morgan fingerprint density at radius 2 is 1.73 bits per heavy atom. The maximum atomic E-state index is 14.0. The number of rotatable bonds is 2. The van der Waals surface area contributed by atoms with Gasteiger partial charge in [0.2, 0.25) is 0 Å². The van der Waals surface area contributed by atoms with E-state index in [1.807, 2.05) is 0 Å². The quantitative estimate of drug-likeness (QED) is 0.422. The van der Waals surface area contributed by atoms with Crippen LogP contribution >= 0.6 is 0 Å². The van der Waals surface area contributed by atoms with Crippen LogP contribution in [0, 0.1) is 23.1 Å². The van der Waals surface area contributed by atoms with Gasteiger partial charge in [0.25, 0.3) is 0 Å². The summed E-state index contributed by atoms with van der Waals surface area (Å²) in [6.45, 7) is 6.30. The van der Waals surface area contributed by atoms with Gasteiger partial charge in [0.1, 0.15) is 25.4 Å². The van der Waals surface area contributed by atoms with Gasteiger partial charge in [0.15, 0.2) is 0 Å². The van der Waals surface area contributed by atoms with E-state index in [-0.39, 0.29) is 11.6 Å². The molecule has 0 saturated heterocycles. The van der Waals surface area contributed by atoms with Crippen LogP contribution in [0.5, 0.6) is 0 Å². The van der Waals surface area contributed by atoms with Crippen molar-refractivity contribution in [3.63, 3.8) is 0 Å². The van der Waals surface area contributed by atoms with E-state index < -0.39 is 8.07 Å². The third-order valence-electron chi connectivity index (χ3n) is 2.73. The van der Waals surface area contributed by atoms with Crippen molar-refractivity contribution in [1.29, 1.82) is 0 Å². The third kappa shape index (κ3) is 4.64. The molecule has 0 aromatic heterocycles. The number of hydrogen-bond donors (Lipinski definition) is 0. The van der Waals surface area contributed by atoms with Crippen LogP contribution in [0.3, 0.4) is 0 Å². The topological polar surface area (TPSA) is 12.4 Å². The van der Waals surface area contributed by atoms with E-state index in [4.69, 9.17) is 0 Å². The van der Waals surface area contributed by atoms with Crippen molar-refractivity contribution < 1.29 is 8.78 Å². The van der Waals surface area contributed by atoms with Crippen LogP contribution < -0.4 is 0 Å². The average Bonchev–Trinajstić information content (AvgIpc) is 2.43. The maximum Gasteiger partial charge on any atom is 0.133 e. The summed E-state index contributed by atoms with van der Waals surface area (Å²) in [5.74, 6) is 2.22. The van der Waals surface area contributed by atoms with Gasteiger partial charge in [-0.3, -0.25) is 0 Å². The first-order valence-corrected chi connectivity index (χ1v) is 10.5. The van der Waals surface area contributed by atoms with E-state index in [0.717, 1.165) is 0 Å². The lowest BCUT2D eigenvalue weighted by molar-refractivity contribution is 0.625. The second kappa shape index (κ2) is 6.67. The van der Waals surface area contributed by atoms with Crippen molar-refractivity contribution in [2.45, 2.75) is 19.6 Å². The molecule has 0 unspecified atom stereocenters. The number of hydrogen-bond acceptors (Lipinski definition) is 1. The Morgan fingerprint density at radius 1 is 1.00 bits per heavy atom. The molecule has 2 rings (SSSR count). The molecule has 0 heterocycles. The first-order valence-electron chi connectivity index (χ1n) is 6.97. The smallest absolute Gasteiger partial charge is 0.133 e. The van der Waals surface area contributed by atoms with Crippen LogP contribution in [0.25, 0.3) is 0 Å². The van der Waals surface area contributed by atoms with Crippen LogP contribution in [0.4, 0.5) is 14.5 Å². The van der Waals surface area contributed by atoms with Crippen LogP contribution in [0.2, 0.25) is 19.6 Å². The van der Waals surface area contributed by atoms with Gasteiger partial charge in [-0.25, -0.2) is 13.8 Å². The van der Waals surface area contributed by atoms with E-state index in [1.165, 1.54) is 18.2 Å². The van der Waals surface area contributed by atoms with E-state index >= 15 is 0 Å². The van der Waals surface area contributed by atoms with Gasteiger partial charge >= 0.3 is 0 Å². The van der Waals surface area contributed by atoms with Crippen LogP contribution in [-0.2, 0) is 0 Å². The molecule has 0 N–H and O–H groups in total. The standard InChI is InChI=1S/C18H17F2NSi/c1-22(2,3)12-11-18(16-9-4-5-10-17(16)20)21-15-8-6-7-14(19)13-15/h4-10,13H,1-3H3. The predicted molar refractivity (Wildman–Crippen MR) is 90.1 cm³/mol. The van der Waals surface area contributed by atoms with E-state index in [9.17, 15) is 8.78 Å². The zero-order chi connectivity index (χ0) is 16.2. The fourth-order valence-electron chi connectivity index (χ4n) is 1.73. The largest absolute Gasteiger partial charge is 0.239 e. The van der Waals surface area contributed by atoms with E-state index in [1.54, 1.807) is 30.3 Å². The Hall–Kier alpha value is -2.25. The van der Waals surface area contributed by atoms with E-state index in [0.29, 0.717) is 17.0 Å². The summed E-state index contributed by atoms with van der Waals surface area (Å²) in [6.07, 6.45) is 0. The van der Waals surface area contributed by atoms with Gasteiger partial charge in [0, 0.05) is 5.56 Å². The molecule has 2 aromatic carbocycles. The first-order chi connectivity index (χ1) is 10.3. The Morgan fingerprint density at radius 3 is 2.36 bits per heavy atom. The lowest BCUT2D eigenvalue weighted by atomic mass is 10.1. The second-order valence-electron chi connectivity index (χ2n) is 5.92. The molecule has 1 nitrogen and oxygen atoms in total. The lowest BCUT2D eigenvalue weighted by Crippen LogP contribution is -2.17. The monoisotopic (exact) mass is 313 g/mol. The van der Waals surface area contributed by atoms with Gasteiger partial charge in [0.05, 0.1) is 5.69 Å². The predicted octanol–water partition coefficient (Wildman–Crippen LogP) is 4.97. The van der Waals surface area contributed by atoms with Crippen molar-refractivity contribution in [3.8, 4) is 11.5 Å². The number of halogens is 2. The van der Waals surface area contributed by atoms with Gasteiger partial charge < -0.3 is 0 Å². The van der Waals surface area contributed by atoms with Gasteiger partial charge in [-0.2, -0.15) is 0 Å². The minimum absolute atomic E-state index is 0.325.